The van der Waals surface area contributed by atoms with Crippen molar-refractivity contribution >= 4 is 19.9 Å². The van der Waals surface area contributed by atoms with E-state index in [0.29, 0.717) is 23.0 Å². The summed E-state index contributed by atoms with van der Waals surface area (Å²) < 4.78 is 19.7. The molecule has 1 aliphatic carbocycles. The first-order valence-corrected chi connectivity index (χ1v) is 16.0. The Balaban J connectivity index is 1.85. The minimum Gasteiger partial charge on any atom is -0.483 e. The van der Waals surface area contributed by atoms with Gasteiger partial charge < -0.3 is 19.0 Å². The number of pyridine rings is 1. The first-order valence-electron chi connectivity index (χ1n) is 13.1. The standard InChI is InChI=1S/C29H43NO5Si/c1-17(2)19-14-22(35-36(9,10)27(3,4)5)29(8)25(28(19,6)7)24(31)23-21(34-29)15-20(33-26(23)32)18-12-11-13-30-16-18/h11-13,15-17,19,22,25-26,32H,14H2,1-10H3/t19-,22?,25+,26?,29+/m0/s1. The molecule has 0 amide bonds. The van der Waals surface area contributed by atoms with E-state index in [-0.39, 0.29) is 33.8 Å². The largest absolute Gasteiger partial charge is 0.483 e. The van der Waals surface area contributed by atoms with Crippen molar-refractivity contribution in [1.29, 1.82) is 0 Å². The molecule has 5 atom stereocenters. The fraction of sp³-hybridized carbons (Fsp3) is 0.655. The predicted octanol–water partition coefficient (Wildman–Crippen LogP) is 6.09. The van der Waals surface area contributed by atoms with Crippen LogP contribution in [-0.2, 0) is 18.7 Å². The SMILES string of the molecule is CC(C)[C@@H]1CC(O[Si](C)(C)C(C)(C)C)[C@@]2(C)OC3=C(C(=O)[C@@H]2C1(C)C)C(O)OC(c1cccnc1)=C3. The van der Waals surface area contributed by atoms with Crippen LogP contribution >= 0.6 is 0 Å². The number of carbonyl (C=O) groups is 1. The number of hydrogen-bond donors (Lipinski definition) is 1. The second-order valence-corrected chi connectivity index (χ2v) is 18.1. The van der Waals surface area contributed by atoms with E-state index in [4.69, 9.17) is 13.9 Å². The maximum atomic E-state index is 14.3. The summed E-state index contributed by atoms with van der Waals surface area (Å²) in [6, 6.07) is 3.66. The number of Topliss-reactive ketones (excluding diaryl/α,β-unsaturated/α-hetero) is 1. The van der Waals surface area contributed by atoms with Gasteiger partial charge in [-0.25, -0.2) is 0 Å². The summed E-state index contributed by atoms with van der Waals surface area (Å²) in [5.74, 6) is 0.837. The van der Waals surface area contributed by atoms with E-state index >= 15 is 0 Å². The summed E-state index contributed by atoms with van der Waals surface area (Å²) in [5.41, 5.74) is -0.328. The summed E-state index contributed by atoms with van der Waals surface area (Å²) in [5, 5.41) is 11.0. The van der Waals surface area contributed by atoms with Crippen LogP contribution in [0.1, 0.15) is 67.4 Å². The predicted molar refractivity (Wildman–Crippen MR) is 143 cm³/mol. The van der Waals surface area contributed by atoms with Crippen LogP contribution < -0.4 is 0 Å². The van der Waals surface area contributed by atoms with Crippen LogP contribution in [-0.4, -0.2) is 42.2 Å². The van der Waals surface area contributed by atoms with Gasteiger partial charge in [-0.1, -0.05) is 48.5 Å². The molecule has 6 nitrogen and oxygen atoms in total. The average Bonchev–Trinajstić information content (AvgIpc) is 2.74. The molecule has 0 radical (unpaired) electrons. The lowest BCUT2D eigenvalue weighted by Gasteiger charge is -2.61. The second-order valence-electron chi connectivity index (χ2n) is 13.4. The lowest BCUT2D eigenvalue weighted by Crippen LogP contribution is -2.68. The topological polar surface area (TPSA) is 77.9 Å². The number of fused-ring (bicyclic) bond motifs is 1. The summed E-state index contributed by atoms with van der Waals surface area (Å²) in [4.78, 5) is 18.4. The molecule has 7 heteroatoms. The van der Waals surface area contributed by atoms with Gasteiger partial charge in [0.25, 0.3) is 0 Å². The number of aliphatic hydroxyl groups excluding tert-OH is 1. The molecule has 0 saturated heterocycles. The molecule has 3 aliphatic rings. The van der Waals surface area contributed by atoms with Crippen molar-refractivity contribution in [2.75, 3.05) is 0 Å². The van der Waals surface area contributed by atoms with Crippen LogP contribution in [0.4, 0.5) is 0 Å². The highest BCUT2D eigenvalue weighted by atomic mass is 28.4. The van der Waals surface area contributed by atoms with Crippen molar-refractivity contribution in [3.8, 4) is 0 Å². The van der Waals surface area contributed by atoms with E-state index in [2.05, 4.69) is 66.5 Å². The van der Waals surface area contributed by atoms with Gasteiger partial charge in [0.1, 0.15) is 22.7 Å². The molecule has 198 valence electrons. The molecular formula is C29H43NO5Si. The molecule has 1 fully saturated rings. The number of aliphatic hydroxyl groups is 1. The molecule has 4 rings (SSSR count). The molecule has 3 heterocycles. The number of carbonyl (C=O) groups excluding carboxylic acids is 1. The molecule has 0 aromatic carbocycles. The fourth-order valence-electron chi connectivity index (χ4n) is 6.37. The maximum Gasteiger partial charge on any atom is 0.231 e. The van der Waals surface area contributed by atoms with Gasteiger partial charge in [-0.05, 0) is 60.9 Å². The number of aromatic nitrogens is 1. The van der Waals surface area contributed by atoms with Crippen LogP contribution in [0.15, 0.2) is 41.9 Å². The van der Waals surface area contributed by atoms with Crippen LogP contribution in [0, 0.1) is 23.2 Å². The summed E-state index contributed by atoms with van der Waals surface area (Å²) >= 11 is 0. The maximum absolute atomic E-state index is 14.3. The third-order valence-electron chi connectivity index (χ3n) is 9.24. The Hall–Kier alpha value is -1.96. The summed E-state index contributed by atoms with van der Waals surface area (Å²) in [6.45, 7) is 22.0. The van der Waals surface area contributed by atoms with Crippen molar-refractivity contribution in [3.05, 3.63) is 47.5 Å². The van der Waals surface area contributed by atoms with Crippen molar-refractivity contribution in [2.24, 2.45) is 23.2 Å². The van der Waals surface area contributed by atoms with Crippen molar-refractivity contribution < 1.29 is 23.8 Å². The molecule has 2 aliphatic heterocycles. The van der Waals surface area contributed by atoms with Crippen LogP contribution in [0.5, 0.6) is 0 Å². The van der Waals surface area contributed by atoms with Gasteiger partial charge in [-0.15, -0.1) is 0 Å². The van der Waals surface area contributed by atoms with Crippen molar-refractivity contribution in [2.45, 2.75) is 97.9 Å². The van der Waals surface area contributed by atoms with Gasteiger partial charge in [0.2, 0.25) is 6.29 Å². The highest BCUT2D eigenvalue weighted by molar-refractivity contribution is 6.74. The van der Waals surface area contributed by atoms with Gasteiger partial charge in [-0.2, -0.15) is 0 Å². The Bertz CT molecular complexity index is 1080. The van der Waals surface area contributed by atoms with Crippen LogP contribution in [0.3, 0.4) is 0 Å². The molecule has 36 heavy (non-hydrogen) atoms. The summed E-state index contributed by atoms with van der Waals surface area (Å²) in [7, 11) is -2.18. The Kier molecular flexibility index (Phi) is 6.63. The summed E-state index contributed by atoms with van der Waals surface area (Å²) in [6.07, 6.45) is 4.24. The third kappa shape index (κ3) is 4.27. The first kappa shape index (κ1) is 27.1. The fourth-order valence-corrected chi connectivity index (χ4v) is 7.77. The van der Waals surface area contributed by atoms with E-state index in [0.717, 1.165) is 6.42 Å². The number of ketones is 1. The Morgan fingerprint density at radius 2 is 1.89 bits per heavy atom. The molecule has 1 saturated carbocycles. The quantitative estimate of drug-likeness (QED) is 0.491. The zero-order chi connectivity index (χ0) is 26.8. The monoisotopic (exact) mass is 513 g/mol. The highest BCUT2D eigenvalue weighted by Gasteiger charge is 2.65. The second kappa shape index (κ2) is 8.81. The van der Waals surface area contributed by atoms with E-state index in [1.807, 2.05) is 13.0 Å². The number of allylic oxidation sites excluding steroid dienone is 1. The molecule has 0 spiro atoms. The Morgan fingerprint density at radius 1 is 1.22 bits per heavy atom. The highest BCUT2D eigenvalue weighted by Crippen LogP contribution is 2.59. The smallest absolute Gasteiger partial charge is 0.231 e. The van der Waals surface area contributed by atoms with E-state index in [1.54, 1.807) is 24.5 Å². The van der Waals surface area contributed by atoms with Crippen molar-refractivity contribution in [3.63, 3.8) is 0 Å². The zero-order valence-electron chi connectivity index (χ0n) is 23.5. The molecule has 1 N–H and O–H groups in total. The number of rotatable bonds is 4. The lowest BCUT2D eigenvalue weighted by atomic mass is 9.51. The Morgan fingerprint density at radius 3 is 2.44 bits per heavy atom. The molecule has 1 aromatic rings. The molecule has 1 aromatic heterocycles. The van der Waals surface area contributed by atoms with Crippen LogP contribution in [0.25, 0.3) is 5.76 Å². The van der Waals surface area contributed by atoms with Gasteiger partial charge >= 0.3 is 0 Å². The lowest BCUT2D eigenvalue weighted by molar-refractivity contribution is -0.205. The Labute approximate surface area is 217 Å². The number of ether oxygens (including phenoxy) is 2. The van der Waals surface area contributed by atoms with E-state index < -0.39 is 26.1 Å². The molecule has 2 unspecified atom stereocenters. The van der Waals surface area contributed by atoms with E-state index in [1.165, 1.54) is 0 Å². The number of nitrogens with zero attached hydrogens (tertiary/aromatic N) is 1. The van der Waals surface area contributed by atoms with E-state index in [9.17, 15) is 9.90 Å². The van der Waals surface area contributed by atoms with Gasteiger partial charge in [0.05, 0.1) is 12.0 Å². The normalized spacial score (nSPS) is 32.3. The average molecular weight is 514 g/mol. The first-order chi connectivity index (χ1) is 16.5. The van der Waals surface area contributed by atoms with Crippen LogP contribution in [0.2, 0.25) is 18.1 Å². The van der Waals surface area contributed by atoms with Gasteiger partial charge in [-0.3, -0.25) is 9.78 Å². The minimum atomic E-state index is -2.18. The van der Waals surface area contributed by atoms with Gasteiger partial charge in [0, 0.05) is 24.0 Å². The van der Waals surface area contributed by atoms with Crippen molar-refractivity contribution in [1.82, 2.24) is 4.98 Å². The third-order valence-corrected chi connectivity index (χ3v) is 13.7. The number of hydrogen-bond acceptors (Lipinski definition) is 6. The van der Waals surface area contributed by atoms with Gasteiger partial charge in [0.15, 0.2) is 14.1 Å². The zero-order valence-corrected chi connectivity index (χ0v) is 24.5. The minimum absolute atomic E-state index is 0.0184. The molecule has 0 bridgehead atoms. The molecular weight excluding hydrogens is 470 g/mol.